The summed E-state index contributed by atoms with van der Waals surface area (Å²) < 4.78 is 0. The van der Waals surface area contributed by atoms with Crippen molar-refractivity contribution in [2.75, 3.05) is 0 Å². The van der Waals surface area contributed by atoms with Gasteiger partial charge < -0.3 is 5.41 Å². The van der Waals surface area contributed by atoms with Crippen molar-refractivity contribution in [1.29, 1.82) is 5.41 Å². The van der Waals surface area contributed by atoms with Gasteiger partial charge in [0.1, 0.15) is 0 Å². The van der Waals surface area contributed by atoms with Gasteiger partial charge in [0.2, 0.25) is 0 Å². The molecule has 8 rings (SSSR count). The smallest absolute Gasteiger partial charge is 0.0972 e. The first-order valence-electron chi connectivity index (χ1n) is 16.2. The number of nitrogens with one attached hydrogen (secondary N) is 1. The van der Waals surface area contributed by atoms with Crippen molar-refractivity contribution in [2.45, 2.75) is 6.42 Å². The topological polar surface area (TPSA) is 62.0 Å². The van der Waals surface area contributed by atoms with Crippen molar-refractivity contribution in [3.8, 4) is 22.4 Å². The lowest BCUT2D eigenvalue weighted by molar-refractivity contribution is 0.888. The van der Waals surface area contributed by atoms with Crippen LogP contribution in [0, 0.1) is 11.3 Å². The van der Waals surface area contributed by atoms with Crippen molar-refractivity contribution >= 4 is 50.2 Å². The summed E-state index contributed by atoms with van der Waals surface area (Å²) in [5, 5.41) is 13.5. The first-order valence-corrected chi connectivity index (χ1v) is 16.2. The predicted molar refractivity (Wildman–Crippen MR) is 202 cm³/mol. The van der Waals surface area contributed by atoms with E-state index < -0.39 is 0 Å². The van der Waals surface area contributed by atoms with Crippen molar-refractivity contribution in [3.63, 3.8) is 0 Å². The number of allylic oxidation sites excluding steroid dienone is 5. The quantitative estimate of drug-likeness (QED) is 0.143. The molecule has 1 aliphatic rings. The van der Waals surface area contributed by atoms with E-state index in [2.05, 4.69) is 114 Å². The monoisotopic (exact) mass is 616 g/mol. The fourth-order valence-corrected chi connectivity index (χ4v) is 6.40. The normalized spacial score (nSPS) is 14.8. The van der Waals surface area contributed by atoms with Gasteiger partial charge in [-0.2, -0.15) is 0 Å². The summed E-state index contributed by atoms with van der Waals surface area (Å²) in [6, 6.07) is 43.7. The molecule has 0 radical (unpaired) electrons. The number of pyridine rings is 2. The maximum Gasteiger partial charge on any atom is 0.0972 e. The van der Waals surface area contributed by atoms with Gasteiger partial charge in [0.25, 0.3) is 0 Å². The Hall–Kier alpha value is -6.26. The number of nitrogens with zero attached hydrogens (tertiary/aromatic N) is 3. The number of benzene rings is 5. The molecule has 0 spiro atoms. The Morgan fingerprint density at radius 2 is 1.44 bits per heavy atom. The lowest BCUT2D eigenvalue weighted by atomic mass is 9.92. The zero-order chi connectivity index (χ0) is 32.3. The molecule has 48 heavy (non-hydrogen) atoms. The number of rotatable bonds is 7. The molecule has 4 heteroatoms. The van der Waals surface area contributed by atoms with Gasteiger partial charge in [0.15, 0.2) is 0 Å². The van der Waals surface area contributed by atoms with E-state index >= 15 is 0 Å². The van der Waals surface area contributed by atoms with E-state index in [1.807, 2.05) is 61.0 Å². The summed E-state index contributed by atoms with van der Waals surface area (Å²) >= 11 is 0. The van der Waals surface area contributed by atoms with Gasteiger partial charge in [-0.3, -0.25) is 9.98 Å². The van der Waals surface area contributed by atoms with Gasteiger partial charge in [-0.15, -0.1) is 0 Å². The van der Waals surface area contributed by atoms with Gasteiger partial charge in [-0.1, -0.05) is 140 Å². The third kappa shape index (κ3) is 5.76. The third-order valence-corrected chi connectivity index (χ3v) is 8.91. The molecular formula is C44H32N4. The molecule has 0 bridgehead atoms. The van der Waals surface area contributed by atoms with Crippen LogP contribution in [-0.2, 0) is 0 Å². The molecule has 5 aromatic carbocycles. The van der Waals surface area contributed by atoms with Crippen LogP contribution in [0.25, 0.3) is 60.7 Å². The number of aromatic nitrogens is 2. The van der Waals surface area contributed by atoms with Gasteiger partial charge >= 0.3 is 0 Å². The molecule has 0 fully saturated rings. The zero-order valence-corrected chi connectivity index (χ0v) is 26.3. The molecule has 0 aliphatic heterocycles. The second-order valence-electron chi connectivity index (χ2n) is 12.0. The molecule has 4 nitrogen and oxygen atoms in total. The van der Waals surface area contributed by atoms with E-state index in [0.29, 0.717) is 5.71 Å². The van der Waals surface area contributed by atoms with Crippen molar-refractivity contribution in [1.82, 2.24) is 9.97 Å². The molecule has 1 aliphatic carbocycles. The second-order valence-corrected chi connectivity index (χ2v) is 12.0. The molecule has 0 saturated heterocycles. The number of hydrogen-bond donors (Lipinski definition) is 1. The lowest BCUT2D eigenvalue weighted by Gasteiger charge is -2.13. The summed E-state index contributed by atoms with van der Waals surface area (Å²) in [5.41, 5.74) is 9.09. The van der Waals surface area contributed by atoms with Crippen LogP contribution in [0.15, 0.2) is 169 Å². The first kappa shape index (κ1) is 29.2. The Bertz CT molecular complexity index is 2430. The van der Waals surface area contributed by atoms with Crippen molar-refractivity contribution in [3.05, 3.63) is 175 Å². The maximum atomic E-state index is 9.23. The fourth-order valence-electron chi connectivity index (χ4n) is 6.40. The minimum atomic E-state index is 0.247. The highest BCUT2D eigenvalue weighted by molar-refractivity contribution is 6.19. The van der Waals surface area contributed by atoms with E-state index in [1.165, 1.54) is 0 Å². The van der Waals surface area contributed by atoms with E-state index in [0.717, 1.165) is 78.2 Å². The number of aliphatic imine (C=N–C) groups is 1. The Morgan fingerprint density at radius 3 is 2.25 bits per heavy atom. The van der Waals surface area contributed by atoms with Crippen LogP contribution < -0.4 is 0 Å². The van der Waals surface area contributed by atoms with Gasteiger partial charge in [0.05, 0.1) is 28.1 Å². The summed E-state index contributed by atoms with van der Waals surface area (Å²) in [6.45, 7) is 0. The zero-order valence-electron chi connectivity index (χ0n) is 26.3. The van der Waals surface area contributed by atoms with E-state index in [-0.39, 0.29) is 5.92 Å². The number of fused-ring (bicyclic) bond motifs is 4. The second kappa shape index (κ2) is 12.9. The molecule has 0 saturated carbocycles. The average Bonchev–Trinajstić information content (AvgIpc) is 3.16. The molecule has 228 valence electrons. The molecule has 1 atom stereocenters. The Balaban J connectivity index is 1.13. The summed E-state index contributed by atoms with van der Waals surface area (Å²) in [4.78, 5) is 14.5. The Labute approximate surface area is 279 Å². The van der Waals surface area contributed by atoms with Crippen LogP contribution in [0.5, 0.6) is 0 Å². The van der Waals surface area contributed by atoms with Crippen molar-refractivity contribution in [2.24, 2.45) is 10.9 Å². The first-order chi connectivity index (χ1) is 23.7. The fraction of sp³-hybridized carbons (Fsp3) is 0.0455. The van der Waals surface area contributed by atoms with E-state index in [9.17, 15) is 5.41 Å². The Morgan fingerprint density at radius 1 is 0.688 bits per heavy atom. The van der Waals surface area contributed by atoms with Gasteiger partial charge in [-0.05, 0) is 46.5 Å². The molecule has 2 heterocycles. The molecule has 7 aromatic rings. The minimum Gasteiger partial charge on any atom is -0.300 e. The molecule has 0 amide bonds. The average molecular weight is 617 g/mol. The highest BCUT2D eigenvalue weighted by Crippen LogP contribution is 2.34. The largest absolute Gasteiger partial charge is 0.300 e. The molecule has 1 unspecified atom stereocenters. The van der Waals surface area contributed by atoms with Gasteiger partial charge in [0, 0.05) is 45.8 Å². The van der Waals surface area contributed by atoms with E-state index in [1.54, 1.807) is 0 Å². The van der Waals surface area contributed by atoms with E-state index in [4.69, 9.17) is 9.98 Å². The van der Waals surface area contributed by atoms with Crippen LogP contribution in [0.4, 0.5) is 0 Å². The third-order valence-electron chi connectivity index (χ3n) is 8.91. The summed E-state index contributed by atoms with van der Waals surface area (Å²) in [5.74, 6) is 0.247. The lowest BCUT2D eigenvalue weighted by Crippen LogP contribution is -2.01. The van der Waals surface area contributed by atoms with Crippen LogP contribution >= 0.6 is 0 Å². The summed E-state index contributed by atoms with van der Waals surface area (Å²) in [7, 11) is 0. The SMILES string of the molecule is N=C(/C=C(\N=C\C1C=CC=CC1)c1ccccc1)c1ccc(-c2ccc(-c3ccc4ccc5cccnc5c4n3)cc2)c2ccccc12. The molecular weight excluding hydrogens is 585 g/mol. The highest BCUT2D eigenvalue weighted by Gasteiger charge is 2.13. The van der Waals surface area contributed by atoms with Crippen LogP contribution in [0.3, 0.4) is 0 Å². The predicted octanol–water partition coefficient (Wildman–Crippen LogP) is 10.9. The standard InChI is InChI=1S/C44H32N4/c45-40(28-42(32-12-5-2-6-13-32)47-29-30-10-3-1-4-11-30)39-25-24-36(37-15-7-8-16-38(37)39)31-17-19-33(20-18-31)41-26-23-35-22-21-34-14-9-27-46-43(34)44(35)48-41/h1-10,12-30,45H,11H2/b42-28-,45-40?,47-29+. The number of hydrogen-bond acceptors (Lipinski definition) is 4. The van der Waals surface area contributed by atoms with Crippen LogP contribution in [-0.4, -0.2) is 21.9 Å². The van der Waals surface area contributed by atoms with Crippen LogP contribution in [0.1, 0.15) is 17.5 Å². The van der Waals surface area contributed by atoms with Crippen LogP contribution in [0.2, 0.25) is 0 Å². The highest BCUT2D eigenvalue weighted by atomic mass is 14.8. The molecule has 1 N–H and O–H groups in total. The van der Waals surface area contributed by atoms with Gasteiger partial charge in [-0.25, -0.2) is 4.98 Å². The van der Waals surface area contributed by atoms with Crippen molar-refractivity contribution < 1.29 is 0 Å². The summed E-state index contributed by atoms with van der Waals surface area (Å²) in [6.07, 6.45) is 15.1. The minimum absolute atomic E-state index is 0.247. The maximum absolute atomic E-state index is 9.23. The Kier molecular flexibility index (Phi) is 7.81. The molecule has 2 aromatic heterocycles.